The van der Waals surface area contributed by atoms with Crippen molar-refractivity contribution in [3.63, 3.8) is 0 Å². The van der Waals surface area contributed by atoms with Gasteiger partial charge >= 0.3 is 0 Å². The van der Waals surface area contributed by atoms with Crippen molar-refractivity contribution in [1.29, 1.82) is 0 Å². The van der Waals surface area contributed by atoms with E-state index < -0.39 is 0 Å². The van der Waals surface area contributed by atoms with Crippen LogP contribution in [0.2, 0.25) is 0 Å². The molecule has 0 N–H and O–H groups in total. The summed E-state index contributed by atoms with van der Waals surface area (Å²) in [7, 11) is 0. The summed E-state index contributed by atoms with van der Waals surface area (Å²) in [6, 6.07) is 10.3. The van der Waals surface area contributed by atoms with Crippen LogP contribution in [0.25, 0.3) is 21.8 Å². The van der Waals surface area contributed by atoms with Gasteiger partial charge in [-0.25, -0.2) is 0 Å². The monoisotopic (exact) mass is 208 g/mol. The zero-order chi connectivity index (χ0) is 11.0. The predicted octanol–water partition coefficient (Wildman–Crippen LogP) is 3.35. The highest BCUT2D eigenvalue weighted by molar-refractivity contribution is 6.02. The van der Waals surface area contributed by atoms with E-state index in [-0.39, 0.29) is 0 Å². The number of fused-ring (bicyclic) bond motifs is 3. The van der Waals surface area contributed by atoms with Gasteiger partial charge in [0.1, 0.15) is 0 Å². The van der Waals surface area contributed by atoms with Gasteiger partial charge in [-0.3, -0.25) is 9.97 Å². The maximum absolute atomic E-state index is 4.52. The molecule has 0 atom stereocenters. The number of benzene rings is 1. The zero-order valence-electron chi connectivity index (χ0n) is 9.14. The summed E-state index contributed by atoms with van der Waals surface area (Å²) < 4.78 is 0. The summed E-state index contributed by atoms with van der Waals surface area (Å²) in [4.78, 5) is 8.97. The van der Waals surface area contributed by atoms with Crippen molar-refractivity contribution in [2.75, 3.05) is 0 Å². The Kier molecular flexibility index (Phi) is 2.07. The second-order valence-electron chi connectivity index (χ2n) is 3.91. The standard InChI is InChI=1S/C14H12N2/c1-2-10-7-13-14(16-8-10)12-6-4-3-5-11(12)9-15-13/h3-9H,2H2,1H3. The van der Waals surface area contributed by atoms with Crippen LogP contribution in [-0.2, 0) is 6.42 Å². The van der Waals surface area contributed by atoms with Crippen LogP contribution in [-0.4, -0.2) is 9.97 Å². The van der Waals surface area contributed by atoms with Crippen LogP contribution in [0.15, 0.2) is 42.7 Å². The molecule has 3 aromatic rings. The lowest BCUT2D eigenvalue weighted by Gasteiger charge is -2.03. The third kappa shape index (κ3) is 1.34. The highest BCUT2D eigenvalue weighted by Crippen LogP contribution is 2.21. The van der Waals surface area contributed by atoms with Crippen molar-refractivity contribution in [1.82, 2.24) is 9.97 Å². The first-order valence-electron chi connectivity index (χ1n) is 5.51. The molecule has 0 amide bonds. The number of nitrogens with zero attached hydrogens (tertiary/aromatic N) is 2. The summed E-state index contributed by atoms with van der Waals surface area (Å²) in [6.45, 7) is 2.13. The van der Waals surface area contributed by atoms with Crippen LogP contribution < -0.4 is 0 Å². The Balaban J connectivity index is 2.43. The molecule has 0 spiro atoms. The van der Waals surface area contributed by atoms with E-state index in [1.165, 1.54) is 10.9 Å². The number of hydrogen-bond acceptors (Lipinski definition) is 2. The van der Waals surface area contributed by atoms with Gasteiger partial charge in [-0.1, -0.05) is 31.2 Å². The number of hydrogen-bond donors (Lipinski definition) is 0. The highest BCUT2D eigenvalue weighted by Gasteiger charge is 2.02. The minimum atomic E-state index is 0.984. The van der Waals surface area contributed by atoms with E-state index in [2.05, 4.69) is 35.1 Å². The largest absolute Gasteiger partial charge is 0.254 e. The van der Waals surface area contributed by atoms with Gasteiger partial charge in [0.2, 0.25) is 0 Å². The van der Waals surface area contributed by atoms with Gasteiger partial charge in [0.15, 0.2) is 0 Å². The SMILES string of the molecule is CCc1cnc2c(c1)ncc1ccccc12. The summed E-state index contributed by atoms with van der Waals surface area (Å²) in [5, 5.41) is 2.32. The Hall–Kier alpha value is -1.96. The van der Waals surface area contributed by atoms with Crippen LogP contribution in [0.4, 0.5) is 0 Å². The molecule has 0 aliphatic heterocycles. The first-order valence-corrected chi connectivity index (χ1v) is 5.51. The van der Waals surface area contributed by atoms with Gasteiger partial charge in [-0.05, 0) is 18.1 Å². The quantitative estimate of drug-likeness (QED) is 0.573. The molecule has 0 bridgehead atoms. The molecule has 16 heavy (non-hydrogen) atoms. The molecule has 2 aromatic heterocycles. The Labute approximate surface area is 94.0 Å². The molecule has 2 heteroatoms. The van der Waals surface area contributed by atoms with Crippen molar-refractivity contribution in [3.8, 4) is 0 Å². The lowest BCUT2D eigenvalue weighted by atomic mass is 10.1. The van der Waals surface area contributed by atoms with Crippen LogP contribution in [0.3, 0.4) is 0 Å². The second-order valence-corrected chi connectivity index (χ2v) is 3.91. The van der Waals surface area contributed by atoms with E-state index in [0.29, 0.717) is 0 Å². The number of rotatable bonds is 1. The molecule has 0 aliphatic rings. The normalized spacial score (nSPS) is 11.1. The molecule has 78 valence electrons. The Morgan fingerprint density at radius 2 is 1.94 bits per heavy atom. The van der Waals surface area contributed by atoms with E-state index in [0.717, 1.165) is 22.8 Å². The molecule has 2 nitrogen and oxygen atoms in total. The smallest absolute Gasteiger partial charge is 0.0965 e. The van der Waals surface area contributed by atoms with Gasteiger partial charge in [0, 0.05) is 23.2 Å². The van der Waals surface area contributed by atoms with E-state index in [9.17, 15) is 0 Å². The minimum absolute atomic E-state index is 0.984. The Morgan fingerprint density at radius 3 is 2.81 bits per heavy atom. The van der Waals surface area contributed by atoms with Crippen molar-refractivity contribution in [2.45, 2.75) is 13.3 Å². The lowest BCUT2D eigenvalue weighted by molar-refractivity contribution is 1.12. The summed E-state index contributed by atoms with van der Waals surface area (Å²) in [5.74, 6) is 0. The van der Waals surface area contributed by atoms with Gasteiger partial charge in [-0.15, -0.1) is 0 Å². The maximum Gasteiger partial charge on any atom is 0.0965 e. The van der Waals surface area contributed by atoms with Crippen molar-refractivity contribution in [2.24, 2.45) is 0 Å². The van der Waals surface area contributed by atoms with Gasteiger partial charge in [0.25, 0.3) is 0 Å². The highest BCUT2D eigenvalue weighted by atomic mass is 14.7. The van der Waals surface area contributed by atoms with Gasteiger partial charge < -0.3 is 0 Å². The first kappa shape index (κ1) is 9.28. The topological polar surface area (TPSA) is 25.8 Å². The summed E-state index contributed by atoms with van der Waals surface area (Å²) in [6.07, 6.45) is 4.85. The molecular weight excluding hydrogens is 196 g/mol. The van der Waals surface area contributed by atoms with Gasteiger partial charge in [-0.2, -0.15) is 0 Å². The minimum Gasteiger partial charge on any atom is -0.254 e. The average molecular weight is 208 g/mol. The number of aryl methyl sites for hydroxylation is 1. The fraction of sp³-hybridized carbons (Fsp3) is 0.143. The van der Waals surface area contributed by atoms with Gasteiger partial charge in [0.05, 0.1) is 11.0 Å². The first-order chi connectivity index (χ1) is 7.88. The molecule has 0 aliphatic carbocycles. The van der Waals surface area contributed by atoms with Crippen molar-refractivity contribution >= 4 is 21.8 Å². The van der Waals surface area contributed by atoms with Crippen molar-refractivity contribution < 1.29 is 0 Å². The molecule has 1 aromatic carbocycles. The zero-order valence-corrected chi connectivity index (χ0v) is 9.14. The van der Waals surface area contributed by atoms with E-state index in [1.54, 1.807) is 0 Å². The van der Waals surface area contributed by atoms with E-state index in [1.807, 2.05) is 24.5 Å². The van der Waals surface area contributed by atoms with Crippen LogP contribution in [0, 0.1) is 0 Å². The molecule has 3 rings (SSSR count). The fourth-order valence-corrected chi connectivity index (χ4v) is 1.96. The Bertz CT molecular complexity index is 659. The number of aromatic nitrogens is 2. The van der Waals surface area contributed by atoms with Crippen molar-refractivity contribution in [3.05, 3.63) is 48.3 Å². The second kappa shape index (κ2) is 3.56. The third-order valence-electron chi connectivity index (χ3n) is 2.89. The predicted molar refractivity (Wildman–Crippen MR) is 66.4 cm³/mol. The lowest BCUT2D eigenvalue weighted by Crippen LogP contribution is -1.88. The molecule has 0 radical (unpaired) electrons. The van der Waals surface area contributed by atoms with E-state index >= 15 is 0 Å². The summed E-state index contributed by atoms with van der Waals surface area (Å²) >= 11 is 0. The molecular formula is C14H12N2. The van der Waals surface area contributed by atoms with Crippen LogP contribution >= 0.6 is 0 Å². The average Bonchev–Trinajstić information content (AvgIpc) is 2.38. The fourth-order valence-electron chi connectivity index (χ4n) is 1.96. The summed E-state index contributed by atoms with van der Waals surface area (Å²) in [5.41, 5.74) is 3.21. The number of pyridine rings is 2. The van der Waals surface area contributed by atoms with Crippen LogP contribution in [0.5, 0.6) is 0 Å². The van der Waals surface area contributed by atoms with Crippen LogP contribution in [0.1, 0.15) is 12.5 Å². The molecule has 0 saturated carbocycles. The molecule has 0 unspecified atom stereocenters. The molecule has 0 fully saturated rings. The molecule has 0 saturated heterocycles. The van der Waals surface area contributed by atoms with E-state index in [4.69, 9.17) is 0 Å². The Morgan fingerprint density at radius 1 is 1.06 bits per heavy atom. The maximum atomic E-state index is 4.52. The molecule has 2 heterocycles. The third-order valence-corrected chi connectivity index (χ3v) is 2.89.